The van der Waals surface area contributed by atoms with Crippen LogP contribution in [0.3, 0.4) is 0 Å². The molecule has 3 nitrogen and oxygen atoms in total. The summed E-state index contributed by atoms with van der Waals surface area (Å²) >= 11 is 0. The SMILES string of the molecule is O=C(O)Cc1ccccc1CN1CCCC1C1CCCC1. The van der Waals surface area contributed by atoms with Crippen molar-refractivity contribution in [2.45, 2.75) is 57.5 Å². The van der Waals surface area contributed by atoms with Crippen molar-refractivity contribution < 1.29 is 9.90 Å². The fourth-order valence-electron chi connectivity index (χ4n) is 4.19. The minimum Gasteiger partial charge on any atom is -0.481 e. The summed E-state index contributed by atoms with van der Waals surface area (Å²) in [6, 6.07) is 8.76. The van der Waals surface area contributed by atoms with E-state index >= 15 is 0 Å². The molecule has 0 bridgehead atoms. The van der Waals surface area contributed by atoms with E-state index in [2.05, 4.69) is 11.0 Å². The Balaban J connectivity index is 1.71. The minimum absolute atomic E-state index is 0.137. The molecular formula is C18H25NO2. The lowest BCUT2D eigenvalue weighted by molar-refractivity contribution is -0.136. The van der Waals surface area contributed by atoms with Gasteiger partial charge in [-0.3, -0.25) is 9.69 Å². The molecule has 114 valence electrons. The fourth-order valence-corrected chi connectivity index (χ4v) is 4.19. The van der Waals surface area contributed by atoms with E-state index in [4.69, 9.17) is 5.11 Å². The topological polar surface area (TPSA) is 40.5 Å². The van der Waals surface area contributed by atoms with Gasteiger partial charge in [0.2, 0.25) is 0 Å². The summed E-state index contributed by atoms with van der Waals surface area (Å²) in [6.07, 6.45) is 8.32. The second-order valence-electron chi connectivity index (χ2n) is 6.56. The number of nitrogens with zero attached hydrogens (tertiary/aromatic N) is 1. The Bertz CT molecular complexity index is 494. The Labute approximate surface area is 127 Å². The zero-order chi connectivity index (χ0) is 14.7. The number of aliphatic carboxylic acids is 1. The van der Waals surface area contributed by atoms with E-state index < -0.39 is 5.97 Å². The summed E-state index contributed by atoms with van der Waals surface area (Å²) in [5.41, 5.74) is 2.17. The first-order valence-electron chi connectivity index (χ1n) is 8.26. The largest absolute Gasteiger partial charge is 0.481 e. The number of hydrogen-bond acceptors (Lipinski definition) is 2. The van der Waals surface area contributed by atoms with Crippen LogP contribution in [0.4, 0.5) is 0 Å². The van der Waals surface area contributed by atoms with Crippen molar-refractivity contribution in [2.75, 3.05) is 6.54 Å². The van der Waals surface area contributed by atoms with E-state index in [1.165, 1.54) is 50.6 Å². The molecule has 1 saturated carbocycles. The van der Waals surface area contributed by atoms with E-state index in [-0.39, 0.29) is 6.42 Å². The smallest absolute Gasteiger partial charge is 0.307 e. The third kappa shape index (κ3) is 3.46. The van der Waals surface area contributed by atoms with Crippen LogP contribution in [0, 0.1) is 5.92 Å². The molecule has 1 aromatic carbocycles. The highest BCUT2D eigenvalue weighted by Gasteiger charge is 2.33. The first-order chi connectivity index (χ1) is 10.2. The zero-order valence-electron chi connectivity index (χ0n) is 12.6. The third-order valence-corrected chi connectivity index (χ3v) is 5.19. The minimum atomic E-state index is -0.740. The standard InChI is InChI=1S/C18H25NO2/c20-18(21)12-15-8-3-4-9-16(15)13-19-11-5-10-17(19)14-6-1-2-7-14/h3-4,8-9,14,17H,1-2,5-7,10-13H2,(H,20,21). The Kier molecular flexibility index (Phi) is 4.59. The predicted molar refractivity (Wildman–Crippen MR) is 83.2 cm³/mol. The Morgan fingerprint density at radius 2 is 1.81 bits per heavy atom. The van der Waals surface area contributed by atoms with Gasteiger partial charge in [0, 0.05) is 12.6 Å². The summed E-state index contributed by atoms with van der Waals surface area (Å²) in [5.74, 6) is 0.135. The normalized spacial score (nSPS) is 23.7. The van der Waals surface area contributed by atoms with E-state index in [0.29, 0.717) is 0 Å². The van der Waals surface area contributed by atoms with Gasteiger partial charge in [-0.15, -0.1) is 0 Å². The summed E-state index contributed by atoms with van der Waals surface area (Å²) < 4.78 is 0. The van der Waals surface area contributed by atoms with Gasteiger partial charge < -0.3 is 5.11 Å². The van der Waals surface area contributed by atoms with Gasteiger partial charge in [-0.05, 0) is 49.3 Å². The van der Waals surface area contributed by atoms with Crippen LogP contribution in [0.15, 0.2) is 24.3 Å². The number of carboxylic acids is 1. The lowest BCUT2D eigenvalue weighted by atomic mass is 9.95. The van der Waals surface area contributed by atoms with Crippen LogP contribution in [-0.4, -0.2) is 28.6 Å². The number of rotatable bonds is 5. The molecule has 0 amide bonds. The first kappa shape index (κ1) is 14.6. The molecule has 1 N–H and O–H groups in total. The van der Waals surface area contributed by atoms with Crippen molar-refractivity contribution in [3.05, 3.63) is 35.4 Å². The highest BCUT2D eigenvalue weighted by molar-refractivity contribution is 5.70. The van der Waals surface area contributed by atoms with Crippen LogP contribution in [0.2, 0.25) is 0 Å². The average molecular weight is 287 g/mol. The van der Waals surface area contributed by atoms with Gasteiger partial charge in [0.1, 0.15) is 0 Å². The lowest BCUT2D eigenvalue weighted by Gasteiger charge is -2.30. The number of hydrogen-bond donors (Lipinski definition) is 1. The van der Waals surface area contributed by atoms with Crippen LogP contribution < -0.4 is 0 Å². The van der Waals surface area contributed by atoms with Gasteiger partial charge in [-0.2, -0.15) is 0 Å². The van der Waals surface area contributed by atoms with Crippen molar-refractivity contribution in [2.24, 2.45) is 5.92 Å². The molecule has 1 saturated heterocycles. The summed E-state index contributed by atoms with van der Waals surface area (Å²) in [7, 11) is 0. The molecule has 0 spiro atoms. The number of benzene rings is 1. The van der Waals surface area contributed by atoms with Crippen LogP contribution >= 0.6 is 0 Å². The molecule has 3 heteroatoms. The molecule has 2 aliphatic rings. The molecule has 0 radical (unpaired) electrons. The molecule has 1 atom stereocenters. The van der Waals surface area contributed by atoms with Crippen LogP contribution in [0.1, 0.15) is 49.7 Å². The Hall–Kier alpha value is -1.35. The average Bonchev–Trinajstić information content (AvgIpc) is 3.10. The Morgan fingerprint density at radius 3 is 2.52 bits per heavy atom. The van der Waals surface area contributed by atoms with Crippen LogP contribution in [0.5, 0.6) is 0 Å². The van der Waals surface area contributed by atoms with E-state index in [1.54, 1.807) is 0 Å². The molecule has 1 heterocycles. The zero-order valence-corrected chi connectivity index (χ0v) is 12.6. The van der Waals surface area contributed by atoms with Gasteiger partial charge in [-0.1, -0.05) is 37.1 Å². The summed E-state index contributed by atoms with van der Waals surface area (Å²) in [4.78, 5) is 13.6. The third-order valence-electron chi connectivity index (χ3n) is 5.19. The number of likely N-dealkylation sites (tertiary alicyclic amines) is 1. The molecule has 3 rings (SSSR count). The fraction of sp³-hybridized carbons (Fsp3) is 0.611. The molecule has 1 aromatic rings. The molecule has 21 heavy (non-hydrogen) atoms. The molecule has 1 unspecified atom stereocenters. The second kappa shape index (κ2) is 6.61. The predicted octanol–water partition coefficient (Wildman–Crippen LogP) is 3.47. The first-order valence-corrected chi connectivity index (χ1v) is 8.26. The van der Waals surface area contributed by atoms with Gasteiger partial charge >= 0.3 is 5.97 Å². The van der Waals surface area contributed by atoms with Crippen molar-refractivity contribution in [3.63, 3.8) is 0 Å². The lowest BCUT2D eigenvalue weighted by Crippen LogP contribution is -2.34. The number of carbonyl (C=O) groups is 1. The Morgan fingerprint density at radius 1 is 1.10 bits per heavy atom. The molecule has 0 aromatic heterocycles. The van der Waals surface area contributed by atoms with E-state index in [9.17, 15) is 4.79 Å². The van der Waals surface area contributed by atoms with Crippen molar-refractivity contribution >= 4 is 5.97 Å². The van der Waals surface area contributed by atoms with Crippen LogP contribution in [0.25, 0.3) is 0 Å². The monoisotopic (exact) mass is 287 g/mol. The number of carboxylic acid groups (broad SMARTS) is 1. The quantitative estimate of drug-likeness (QED) is 0.901. The van der Waals surface area contributed by atoms with Crippen molar-refractivity contribution in [1.29, 1.82) is 0 Å². The highest BCUT2D eigenvalue weighted by atomic mass is 16.4. The summed E-state index contributed by atoms with van der Waals surface area (Å²) in [5, 5.41) is 9.06. The molecule has 1 aliphatic heterocycles. The van der Waals surface area contributed by atoms with E-state index in [1.807, 2.05) is 18.2 Å². The molecule has 2 fully saturated rings. The van der Waals surface area contributed by atoms with E-state index in [0.717, 1.165) is 24.1 Å². The maximum absolute atomic E-state index is 11.0. The highest BCUT2D eigenvalue weighted by Crippen LogP contribution is 2.36. The van der Waals surface area contributed by atoms with Gasteiger partial charge in [-0.25, -0.2) is 0 Å². The van der Waals surface area contributed by atoms with Gasteiger partial charge in [0.05, 0.1) is 6.42 Å². The van der Waals surface area contributed by atoms with Crippen LogP contribution in [-0.2, 0) is 17.8 Å². The van der Waals surface area contributed by atoms with Gasteiger partial charge in [0.25, 0.3) is 0 Å². The van der Waals surface area contributed by atoms with Crippen molar-refractivity contribution in [3.8, 4) is 0 Å². The molecule has 1 aliphatic carbocycles. The van der Waals surface area contributed by atoms with Crippen molar-refractivity contribution in [1.82, 2.24) is 4.90 Å². The second-order valence-corrected chi connectivity index (χ2v) is 6.56. The molecular weight excluding hydrogens is 262 g/mol. The summed E-state index contributed by atoms with van der Waals surface area (Å²) in [6.45, 7) is 2.09. The van der Waals surface area contributed by atoms with Gasteiger partial charge in [0.15, 0.2) is 0 Å². The maximum Gasteiger partial charge on any atom is 0.307 e. The maximum atomic E-state index is 11.0.